The molecule has 0 spiro atoms. The van der Waals surface area contributed by atoms with Crippen molar-refractivity contribution in [1.82, 2.24) is 9.62 Å². The highest BCUT2D eigenvalue weighted by Crippen LogP contribution is 2.28. The van der Waals surface area contributed by atoms with E-state index >= 15 is 0 Å². The first-order valence-corrected chi connectivity index (χ1v) is 8.79. The van der Waals surface area contributed by atoms with Crippen LogP contribution in [-0.2, 0) is 14.8 Å². The van der Waals surface area contributed by atoms with E-state index in [9.17, 15) is 13.2 Å². The molecule has 1 N–H and O–H groups in total. The van der Waals surface area contributed by atoms with Crippen molar-refractivity contribution in [2.45, 2.75) is 30.7 Å². The third kappa shape index (κ3) is 3.88. The lowest BCUT2D eigenvalue weighted by Crippen LogP contribution is -2.42. The van der Waals surface area contributed by atoms with Crippen molar-refractivity contribution in [3.05, 3.63) is 28.2 Å². The Morgan fingerprint density at radius 2 is 1.95 bits per heavy atom. The molecular weight excluding hydrogens is 335 g/mol. The Morgan fingerprint density at radius 3 is 2.48 bits per heavy atom. The highest BCUT2D eigenvalue weighted by atomic mass is 35.5. The Hall–Kier alpha value is -0.820. The van der Waals surface area contributed by atoms with Gasteiger partial charge in [0.05, 0.1) is 10.0 Å². The van der Waals surface area contributed by atoms with Crippen molar-refractivity contribution in [2.75, 3.05) is 13.1 Å². The Kier molecular flexibility index (Phi) is 5.14. The van der Waals surface area contributed by atoms with Crippen LogP contribution in [0.15, 0.2) is 23.1 Å². The lowest BCUT2D eigenvalue weighted by molar-refractivity contribution is -0.127. The van der Waals surface area contributed by atoms with Crippen LogP contribution in [0.3, 0.4) is 0 Å². The molecule has 1 aliphatic heterocycles. The lowest BCUT2D eigenvalue weighted by atomic mass is 10.3. The van der Waals surface area contributed by atoms with E-state index < -0.39 is 16.1 Å². The summed E-state index contributed by atoms with van der Waals surface area (Å²) in [6.07, 6.45) is 1.34. The second kappa shape index (κ2) is 6.52. The molecule has 0 bridgehead atoms. The molecule has 0 saturated carbocycles. The molecule has 0 aromatic heterocycles. The summed E-state index contributed by atoms with van der Waals surface area (Å²) in [5.41, 5.74) is 0. The van der Waals surface area contributed by atoms with E-state index in [2.05, 4.69) is 4.72 Å². The average molecular weight is 351 g/mol. The van der Waals surface area contributed by atoms with Crippen molar-refractivity contribution < 1.29 is 13.2 Å². The van der Waals surface area contributed by atoms with Crippen LogP contribution in [0.4, 0.5) is 0 Å². The maximum absolute atomic E-state index is 12.4. The molecule has 1 atom stereocenters. The summed E-state index contributed by atoms with van der Waals surface area (Å²) in [7, 11) is -3.83. The average Bonchev–Trinajstić information content (AvgIpc) is 2.73. The number of rotatable bonds is 5. The van der Waals surface area contributed by atoms with Gasteiger partial charge in [0, 0.05) is 25.6 Å². The van der Waals surface area contributed by atoms with Gasteiger partial charge in [-0.15, -0.1) is 0 Å². The smallest absolute Gasteiger partial charge is 0.243 e. The second-order valence-corrected chi connectivity index (χ2v) is 7.48. The Bertz CT molecular complexity index is 629. The number of amides is 1. The summed E-state index contributed by atoms with van der Waals surface area (Å²) in [6.45, 7) is 2.70. The molecule has 1 saturated heterocycles. The maximum Gasteiger partial charge on any atom is 0.243 e. The fourth-order valence-corrected chi connectivity index (χ4v) is 4.71. The number of carbonyl (C=O) groups excluding carboxylic acids is 1. The van der Waals surface area contributed by atoms with Gasteiger partial charge in [-0.25, -0.2) is 13.1 Å². The van der Waals surface area contributed by atoms with Gasteiger partial charge >= 0.3 is 0 Å². The first-order valence-electron chi connectivity index (χ1n) is 6.55. The van der Waals surface area contributed by atoms with E-state index in [4.69, 9.17) is 23.2 Å². The minimum Gasteiger partial charge on any atom is -0.341 e. The number of benzene rings is 1. The molecule has 0 radical (unpaired) electrons. The minimum absolute atomic E-state index is 0.0526. The van der Waals surface area contributed by atoms with E-state index in [-0.39, 0.29) is 20.8 Å². The van der Waals surface area contributed by atoms with Gasteiger partial charge in [-0.2, -0.15) is 0 Å². The van der Waals surface area contributed by atoms with Crippen LogP contribution in [-0.4, -0.2) is 38.4 Å². The zero-order chi connectivity index (χ0) is 15.6. The van der Waals surface area contributed by atoms with E-state index in [0.29, 0.717) is 19.5 Å². The molecule has 8 heteroatoms. The Labute approximate surface area is 134 Å². The van der Waals surface area contributed by atoms with E-state index in [1.54, 1.807) is 17.9 Å². The predicted octanol–water partition coefficient (Wildman–Crippen LogP) is 2.28. The molecule has 116 valence electrons. The topological polar surface area (TPSA) is 66.5 Å². The molecule has 5 nitrogen and oxygen atoms in total. The van der Waals surface area contributed by atoms with E-state index in [0.717, 1.165) is 6.42 Å². The van der Waals surface area contributed by atoms with Crippen LogP contribution < -0.4 is 4.72 Å². The van der Waals surface area contributed by atoms with Gasteiger partial charge < -0.3 is 4.90 Å². The molecule has 1 fully saturated rings. The maximum atomic E-state index is 12.4. The van der Waals surface area contributed by atoms with Gasteiger partial charge in [-0.05, 0) is 25.5 Å². The number of sulfonamides is 1. The number of nitrogens with one attached hydrogen (secondary N) is 1. The van der Waals surface area contributed by atoms with Crippen LogP contribution in [0.25, 0.3) is 0 Å². The molecule has 1 amide bonds. The zero-order valence-corrected chi connectivity index (χ0v) is 13.8. The third-order valence-corrected chi connectivity index (χ3v) is 5.75. The number of likely N-dealkylation sites (tertiary alicyclic amines) is 1. The first kappa shape index (κ1) is 16.5. The van der Waals surface area contributed by atoms with Crippen molar-refractivity contribution in [2.24, 2.45) is 0 Å². The Balaban J connectivity index is 2.12. The van der Waals surface area contributed by atoms with Crippen LogP contribution in [0, 0.1) is 0 Å². The van der Waals surface area contributed by atoms with Crippen LogP contribution >= 0.6 is 23.2 Å². The second-order valence-electron chi connectivity index (χ2n) is 5.02. The van der Waals surface area contributed by atoms with Gasteiger partial charge in [-0.3, -0.25) is 4.79 Å². The highest BCUT2D eigenvalue weighted by molar-refractivity contribution is 7.89. The monoisotopic (exact) mass is 350 g/mol. The van der Waals surface area contributed by atoms with Gasteiger partial charge in [0.1, 0.15) is 4.90 Å². The van der Waals surface area contributed by atoms with Gasteiger partial charge in [0.15, 0.2) is 0 Å². The molecule has 1 aromatic rings. The van der Waals surface area contributed by atoms with Crippen LogP contribution in [0.1, 0.15) is 19.8 Å². The summed E-state index contributed by atoms with van der Waals surface area (Å²) in [6, 6.07) is 4.09. The van der Waals surface area contributed by atoms with Gasteiger partial charge in [0.25, 0.3) is 0 Å². The highest BCUT2D eigenvalue weighted by Gasteiger charge is 2.26. The fraction of sp³-hybridized carbons (Fsp3) is 0.462. The van der Waals surface area contributed by atoms with Gasteiger partial charge in [0.2, 0.25) is 15.9 Å². The molecule has 0 unspecified atom stereocenters. The largest absolute Gasteiger partial charge is 0.341 e. The number of hydrogen-bond acceptors (Lipinski definition) is 3. The van der Waals surface area contributed by atoms with Gasteiger partial charge in [-0.1, -0.05) is 29.3 Å². The van der Waals surface area contributed by atoms with Crippen LogP contribution in [0.2, 0.25) is 10.0 Å². The first-order chi connectivity index (χ1) is 9.81. The molecule has 1 heterocycles. The summed E-state index contributed by atoms with van der Waals surface area (Å²) < 4.78 is 27.2. The van der Waals surface area contributed by atoms with Crippen molar-refractivity contribution in [1.29, 1.82) is 0 Å². The predicted molar refractivity (Wildman–Crippen MR) is 82.1 cm³/mol. The van der Waals surface area contributed by atoms with Crippen molar-refractivity contribution in [3.8, 4) is 0 Å². The molecular formula is C13H16Cl2N2O3S. The molecule has 1 aromatic carbocycles. The number of carbonyl (C=O) groups is 1. The standard InChI is InChI=1S/C13H16Cl2N2O3S/c1-9(8-17-7-3-6-12(17)18)16-21(19,20)13-10(14)4-2-5-11(13)15/h2,4-5,9,16H,3,6-8H2,1H3/t9-/m1/s1. The molecule has 1 aliphatic rings. The summed E-state index contributed by atoms with van der Waals surface area (Å²) >= 11 is 11.8. The Morgan fingerprint density at radius 1 is 1.33 bits per heavy atom. The number of nitrogens with zero attached hydrogens (tertiary/aromatic N) is 1. The minimum atomic E-state index is -3.83. The number of halogens is 2. The fourth-order valence-electron chi connectivity index (χ4n) is 2.33. The zero-order valence-electron chi connectivity index (χ0n) is 11.5. The summed E-state index contributed by atoms with van der Waals surface area (Å²) in [5, 5.41) is 0.138. The van der Waals surface area contributed by atoms with Crippen molar-refractivity contribution in [3.63, 3.8) is 0 Å². The molecule has 2 rings (SSSR count). The summed E-state index contributed by atoms with van der Waals surface area (Å²) in [5.74, 6) is 0.0526. The number of hydrogen-bond donors (Lipinski definition) is 1. The summed E-state index contributed by atoms with van der Waals surface area (Å²) in [4.78, 5) is 13.1. The lowest BCUT2D eigenvalue weighted by Gasteiger charge is -2.22. The van der Waals surface area contributed by atoms with E-state index in [1.807, 2.05) is 0 Å². The van der Waals surface area contributed by atoms with E-state index in [1.165, 1.54) is 12.1 Å². The molecule has 21 heavy (non-hydrogen) atoms. The van der Waals surface area contributed by atoms with Crippen LogP contribution in [0.5, 0.6) is 0 Å². The molecule has 0 aliphatic carbocycles. The van der Waals surface area contributed by atoms with Crippen molar-refractivity contribution >= 4 is 39.1 Å². The SMILES string of the molecule is C[C@H](CN1CCCC1=O)NS(=O)(=O)c1c(Cl)cccc1Cl. The normalized spacial score (nSPS) is 17.3. The quantitative estimate of drug-likeness (QED) is 0.885. The third-order valence-electron chi connectivity index (χ3n) is 3.21.